The molecule has 3 heteroatoms. The smallest absolute Gasteiger partial charge is 0.151 e. The zero-order valence-corrected chi connectivity index (χ0v) is 9.78. The van der Waals surface area contributed by atoms with E-state index in [1.165, 1.54) is 31.6 Å². The van der Waals surface area contributed by atoms with Crippen LogP contribution in [0.1, 0.15) is 12.8 Å². The minimum Gasteiger partial charge on any atom is -0.292 e. The topological polar surface area (TPSA) is 0 Å². The molecule has 76 valence electrons. The SMILES string of the molecule is C[N+]1(c2ccc(Cl)cc2Cl)CCCC1. The van der Waals surface area contributed by atoms with Crippen LogP contribution in [-0.2, 0) is 0 Å². The van der Waals surface area contributed by atoms with Gasteiger partial charge in [-0.15, -0.1) is 0 Å². The lowest BCUT2D eigenvalue weighted by molar-refractivity contribution is 0.406. The van der Waals surface area contributed by atoms with Crippen molar-refractivity contribution in [2.24, 2.45) is 0 Å². The molecule has 0 spiro atoms. The fourth-order valence-electron chi connectivity index (χ4n) is 2.19. The summed E-state index contributed by atoms with van der Waals surface area (Å²) in [5.74, 6) is 0. The van der Waals surface area contributed by atoms with Gasteiger partial charge in [-0.2, -0.15) is 0 Å². The van der Waals surface area contributed by atoms with Crippen molar-refractivity contribution in [3.05, 3.63) is 28.2 Å². The van der Waals surface area contributed by atoms with Gasteiger partial charge in [0.2, 0.25) is 0 Å². The fraction of sp³-hybridized carbons (Fsp3) is 0.455. The lowest BCUT2D eigenvalue weighted by atomic mass is 10.2. The van der Waals surface area contributed by atoms with E-state index in [0.717, 1.165) is 9.51 Å². The molecule has 1 aromatic carbocycles. The number of likely N-dealkylation sites (tertiary alicyclic amines) is 1. The van der Waals surface area contributed by atoms with Gasteiger partial charge >= 0.3 is 0 Å². The number of hydrogen-bond donors (Lipinski definition) is 0. The van der Waals surface area contributed by atoms with Gasteiger partial charge in [0.05, 0.1) is 20.1 Å². The number of hydrogen-bond acceptors (Lipinski definition) is 0. The van der Waals surface area contributed by atoms with Gasteiger partial charge in [0.25, 0.3) is 0 Å². The minimum atomic E-state index is 0.713. The Hall–Kier alpha value is -0.240. The molecule has 2 rings (SSSR count). The Morgan fingerprint density at radius 3 is 2.36 bits per heavy atom. The standard InChI is InChI=1S/C11H14Cl2N/c1-14(6-2-3-7-14)11-5-4-9(12)8-10(11)13/h4-5,8H,2-3,6-7H2,1H3/q+1. The number of quaternary nitrogens is 1. The quantitative estimate of drug-likeness (QED) is 0.646. The van der Waals surface area contributed by atoms with Gasteiger partial charge in [0, 0.05) is 23.9 Å². The van der Waals surface area contributed by atoms with Crippen molar-refractivity contribution in [2.45, 2.75) is 12.8 Å². The van der Waals surface area contributed by atoms with Crippen LogP contribution < -0.4 is 4.48 Å². The van der Waals surface area contributed by atoms with Gasteiger partial charge in [0.15, 0.2) is 5.69 Å². The van der Waals surface area contributed by atoms with E-state index >= 15 is 0 Å². The lowest BCUT2D eigenvalue weighted by Crippen LogP contribution is -2.41. The van der Waals surface area contributed by atoms with Crippen molar-refractivity contribution in [2.75, 3.05) is 20.1 Å². The van der Waals surface area contributed by atoms with Gasteiger partial charge in [-0.05, 0) is 12.1 Å². The normalized spacial score (nSPS) is 19.9. The molecule has 0 aromatic heterocycles. The maximum Gasteiger partial charge on any atom is 0.151 e. The van der Waals surface area contributed by atoms with Crippen LogP contribution in [-0.4, -0.2) is 20.1 Å². The first-order valence-electron chi connectivity index (χ1n) is 4.92. The molecule has 0 bridgehead atoms. The van der Waals surface area contributed by atoms with E-state index in [1.54, 1.807) is 0 Å². The molecule has 0 aliphatic carbocycles. The third-order valence-electron chi connectivity index (χ3n) is 3.04. The number of rotatable bonds is 1. The Labute approximate surface area is 94.8 Å². The molecule has 1 aliphatic rings. The van der Waals surface area contributed by atoms with E-state index in [0.29, 0.717) is 5.02 Å². The molecule has 1 nitrogen and oxygen atoms in total. The van der Waals surface area contributed by atoms with Crippen molar-refractivity contribution in [3.63, 3.8) is 0 Å². The van der Waals surface area contributed by atoms with E-state index in [2.05, 4.69) is 13.1 Å². The third kappa shape index (κ3) is 1.77. The van der Waals surface area contributed by atoms with Gasteiger partial charge in [0.1, 0.15) is 5.02 Å². The number of halogens is 2. The van der Waals surface area contributed by atoms with Crippen molar-refractivity contribution < 1.29 is 0 Å². The highest BCUT2D eigenvalue weighted by Gasteiger charge is 2.31. The summed E-state index contributed by atoms with van der Waals surface area (Å²) < 4.78 is 0.954. The zero-order chi connectivity index (χ0) is 10.2. The number of benzene rings is 1. The summed E-state index contributed by atoms with van der Waals surface area (Å²) in [5, 5.41) is 1.51. The van der Waals surface area contributed by atoms with Crippen LogP contribution in [0.25, 0.3) is 0 Å². The molecular weight excluding hydrogens is 217 g/mol. The van der Waals surface area contributed by atoms with Crippen molar-refractivity contribution in [1.29, 1.82) is 0 Å². The van der Waals surface area contributed by atoms with E-state index in [-0.39, 0.29) is 0 Å². The zero-order valence-electron chi connectivity index (χ0n) is 8.26. The summed E-state index contributed by atoms with van der Waals surface area (Å²) in [5.41, 5.74) is 1.20. The largest absolute Gasteiger partial charge is 0.292 e. The molecule has 0 N–H and O–H groups in total. The molecule has 0 radical (unpaired) electrons. The molecule has 1 fully saturated rings. The predicted molar refractivity (Wildman–Crippen MR) is 63.1 cm³/mol. The Morgan fingerprint density at radius 1 is 1.14 bits per heavy atom. The molecule has 1 aromatic rings. The Balaban J connectivity index is 2.40. The second-order valence-electron chi connectivity index (χ2n) is 4.15. The van der Waals surface area contributed by atoms with Crippen LogP contribution in [0.15, 0.2) is 18.2 Å². The maximum absolute atomic E-state index is 6.20. The first-order valence-corrected chi connectivity index (χ1v) is 5.68. The Bertz CT molecular complexity index is 343. The van der Waals surface area contributed by atoms with Gasteiger partial charge in [-0.3, -0.25) is 4.48 Å². The third-order valence-corrected chi connectivity index (χ3v) is 3.58. The molecule has 1 aliphatic heterocycles. The van der Waals surface area contributed by atoms with Gasteiger partial charge in [-0.25, -0.2) is 0 Å². The second kappa shape index (κ2) is 3.73. The highest BCUT2D eigenvalue weighted by Crippen LogP contribution is 2.35. The van der Waals surface area contributed by atoms with Crippen LogP contribution in [0.5, 0.6) is 0 Å². The summed E-state index contributed by atoms with van der Waals surface area (Å²) in [6, 6.07) is 5.81. The molecule has 14 heavy (non-hydrogen) atoms. The van der Waals surface area contributed by atoms with E-state index in [4.69, 9.17) is 23.2 Å². The highest BCUT2D eigenvalue weighted by atomic mass is 35.5. The van der Waals surface area contributed by atoms with E-state index < -0.39 is 0 Å². The van der Waals surface area contributed by atoms with Gasteiger partial charge < -0.3 is 0 Å². The van der Waals surface area contributed by atoms with Crippen molar-refractivity contribution in [1.82, 2.24) is 4.48 Å². The average Bonchev–Trinajstić information content (AvgIpc) is 2.52. The minimum absolute atomic E-state index is 0.713. The predicted octanol–water partition coefficient (Wildman–Crippen LogP) is 3.72. The molecule has 1 saturated heterocycles. The van der Waals surface area contributed by atoms with Crippen molar-refractivity contribution >= 4 is 28.9 Å². The van der Waals surface area contributed by atoms with E-state index in [9.17, 15) is 0 Å². The summed E-state index contributed by atoms with van der Waals surface area (Å²) in [6.07, 6.45) is 2.57. The Kier molecular flexibility index (Phi) is 2.74. The Morgan fingerprint density at radius 2 is 1.79 bits per heavy atom. The summed E-state index contributed by atoms with van der Waals surface area (Å²) in [6.45, 7) is 2.36. The highest BCUT2D eigenvalue weighted by molar-refractivity contribution is 6.36. The van der Waals surface area contributed by atoms with Crippen molar-refractivity contribution in [3.8, 4) is 0 Å². The first kappa shape index (κ1) is 10.3. The monoisotopic (exact) mass is 230 g/mol. The van der Waals surface area contributed by atoms with Crippen LogP contribution >= 0.6 is 23.2 Å². The summed E-state index contributed by atoms with van der Waals surface area (Å²) in [4.78, 5) is 0. The fourth-order valence-corrected chi connectivity index (χ4v) is 2.81. The number of nitrogens with zero attached hydrogens (tertiary/aromatic N) is 1. The van der Waals surface area contributed by atoms with Crippen LogP contribution in [0, 0.1) is 0 Å². The molecule has 1 heterocycles. The maximum atomic E-state index is 6.20. The molecule has 0 unspecified atom stereocenters. The average molecular weight is 231 g/mol. The second-order valence-corrected chi connectivity index (χ2v) is 4.99. The molecular formula is C11H14Cl2N+. The van der Waals surface area contributed by atoms with Crippen LogP contribution in [0.3, 0.4) is 0 Å². The lowest BCUT2D eigenvalue weighted by Gasteiger charge is -2.29. The first-order chi connectivity index (χ1) is 6.62. The van der Waals surface area contributed by atoms with Gasteiger partial charge in [-0.1, -0.05) is 23.2 Å². The summed E-state index contributed by atoms with van der Waals surface area (Å²) in [7, 11) is 2.24. The van der Waals surface area contributed by atoms with Crippen LogP contribution in [0.2, 0.25) is 10.0 Å². The summed E-state index contributed by atoms with van der Waals surface area (Å²) >= 11 is 12.1. The van der Waals surface area contributed by atoms with Crippen LogP contribution in [0.4, 0.5) is 5.69 Å². The molecule has 0 atom stereocenters. The van der Waals surface area contributed by atoms with E-state index in [1.807, 2.05) is 12.1 Å². The molecule has 0 amide bonds. The molecule has 0 saturated carbocycles.